The van der Waals surface area contributed by atoms with Crippen LogP contribution in [0, 0.1) is 34.0 Å². The highest BCUT2D eigenvalue weighted by molar-refractivity contribution is 5.79. The Labute approximate surface area is 152 Å². The van der Waals surface area contributed by atoms with Gasteiger partial charge in [0.25, 0.3) is 0 Å². The lowest BCUT2D eigenvalue weighted by atomic mass is 9.52. The van der Waals surface area contributed by atoms with Gasteiger partial charge in [0, 0.05) is 0 Å². The second-order valence-electron chi connectivity index (χ2n) is 9.90. The highest BCUT2D eigenvalue weighted by Gasteiger charge is 2.77. The molecule has 2 bridgehead atoms. The van der Waals surface area contributed by atoms with Gasteiger partial charge in [0.1, 0.15) is 0 Å². The molecule has 0 aromatic carbocycles. The van der Waals surface area contributed by atoms with Crippen LogP contribution in [0.5, 0.6) is 0 Å². The summed E-state index contributed by atoms with van der Waals surface area (Å²) in [5.74, 6) is -3.48. The van der Waals surface area contributed by atoms with E-state index in [2.05, 4.69) is 6.58 Å². The number of carboxylic acids is 2. The van der Waals surface area contributed by atoms with Crippen LogP contribution >= 0.6 is 0 Å². The summed E-state index contributed by atoms with van der Waals surface area (Å²) in [7, 11) is 0. The van der Waals surface area contributed by atoms with Gasteiger partial charge in [0.15, 0.2) is 0 Å². The first-order valence-corrected chi connectivity index (χ1v) is 9.46. The van der Waals surface area contributed by atoms with Crippen molar-refractivity contribution >= 4 is 11.9 Å². The Morgan fingerprint density at radius 3 is 2.42 bits per heavy atom. The van der Waals surface area contributed by atoms with E-state index < -0.39 is 51.7 Å². The van der Waals surface area contributed by atoms with Crippen molar-refractivity contribution in [2.45, 2.75) is 64.1 Å². The third kappa shape index (κ3) is 1.84. The predicted octanol–water partition coefficient (Wildman–Crippen LogP) is 2.05. The minimum Gasteiger partial charge on any atom is -0.481 e. The molecule has 4 saturated carbocycles. The van der Waals surface area contributed by atoms with Gasteiger partial charge in [-0.3, -0.25) is 9.59 Å². The first-order valence-electron chi connectivity index (χ1n) is 9.46. The Hall–Kier alpha value is -1.40. The molecule has 0 radical (unpaired) electrons. The fourth-order valence-electron chi connectivity index (χ4n) is 8.00. The van der Waals surface area contributed by atoms with E-state index in [9.17, 15) is 30.0 Å². The molecule has 6 heteroatoms. The average Bonchev–Trinajstić information content (AvgIpc) is 2.82. The lowest BCUT2D eigenvalue weighted by Gasteiger charge is -2.52. The zero-order valence-corrected chi connectivity index (χ0v) is 15.4. The molecule has 0 saturated heterocycles. The lowest BCUT2D eigenvalue weighted by Crippen LogP contribution is -2.54. The SMILES string of the molecule is C=C1C[C@@]23C[C@@]1(O)CC[C@H]2[C@@]1(C)C[C@H](O)C[C@@](C)(C(=O)O)[C@H]1[C@@H]3C(=O)O. The minimum absolute atomic E-state index is 0.0331. The summed E-state index contributed by atoms with van der Waals surface area (Å²) in [6.07, 6.45) is 1.69. The monoisotopic (exact) mass is 364 g/mol. The fourth-order valence-corrected chi connectivity index (χ4v) is 8.00. The van der Waals surface area contributed by atoms with Crippen LogP contribution in [0.15, 0.2) is 12.2 Å². The van der Waals surface area contributed by atoms with Crippen molar-refractivity contribution in [3.05, 3.63) is 12.2 Å². The van der Waals surface area contributed by atoms with E-state index in [-0.39, 0.29) is 12.3 Å². The van der Waals surface area contributed by atoms with Gasteiger partial charge in [-0.05, 0) is 73.7 Å². The molecule has 0 aromatic rings. The number of aliphatic carboxylic acids is 2. The molecule has 8 atom stereocenters. The van der Waals surface area contributed by atoms with Crippen molar-refractivity contribution in [2.75, 3.05) is 0 Å². The lowest BCUT2D eigenvalue weighted by molar-refractivity contribution is -0.173. The Morgan fingerprint density at radius 2 is 1.85 bits per heavy atom. The molecule has 4 N–H and O–H groups in total. The maximum Gasteiger partial charge on any atom is 0.309 e. The van der Waals surface area contributed by atoms with Crippen LogP contribution in [0.4, 0.5) is 0 Å². The molecular formula is C20H28O6. The van der Waals surface area contributed by atoms with Crippen LogP contribution in [0.25, 0.3) is 0 Å². The summed E-state index contributed by atoms with van der Waals surface area (Å²) >= 11 is 0. The molecule has 4 fully saturated rings. The van der Waals surface area contributed by atoms with E-state index in [0.717, 1.165) is 0 Å². The zero-order valence-electron chi connectivity index (χ0n) is 15.4. The number of carboxylic acid groups (broad SMARTS) is 2. The average molecular weight is 364 g/mol. The standard InChI is InChI=1S/C20H28O6/c1-10-6-19-9-20(10,26)5-4-12(19)17(2)7-11(21)8-18(3,16(24)25)14(17)13(19)15(22)23/h11-14,21,26H,1,4-9H2,2-3H3,(H,22,23)(H,24,25)/t11-,12-,13+,14-,17+,18+,19+,20-/m0/s1. The van der Waals surface area contributed by atoms with Gasteiger partial charge in [-0.2, -0.15) is 0 Å². The quantitative estimate of drug-likeness (QED) is 0.558. The van der Waals surface area contributed by atoms with Crippen molar-refractivity contribution in [3.63, 3.8) is 0 Å². The van der Waals surface area contributed by atoms with E-state index in [1.165, 1.54) is 0 Å². The molecule has 0 heterocycles. The number of hydrogen-bond acceptors (Lipinski definition) is 4. The first kappa shape index (κ1) is 18.0. The van der Waals surface area contributed by atoms with Crippen LogP contribution in [-0.2, 0) is 9.59 Å². The molecular weight excluding hydrogens is 336 g/mol. The topological polar surface area (TPSA) is 115 Å². The normalized spacial score (nSPS) is 55.3. The molecule has 4 aliphatic carbocycles. The molecule has 1 spiro atoms. The molecule has 144 valence electrons. The van der Waals surface area contributed by atoms with E-state index in [1.54, 1.807) is 6.92 Å². The smallest absolute Gasteiger partial charge is 0.309 e. The van der Waals surface area contributed by atoms with E-state index in [1.807, 2.05) is 6.92 Å². The highest BCUT2D eigenvalue weighted by atomic mass is 16.4. The molecule has 0 amide bonds. The van der Waals surface area contributed by atoms with E-state index in [0.29, 0.717) is 37.7 Å². The maximum absolute atomic E-state index is 12.5. The molecule has 0 unspecified atom stereocenters. The highest BCUT2D eigenvalue weighted by Crippen LogP contribution is 2.78. The van der Waals surface area contributed by atoms with Crippen molar-refractivity contribution in [1.29, 1.82) is 0 Å². The predicted molar refractivity (Wildman–Crippen MR) is 92.2 cm³/mol. The Kier molecular flexibility index (Phi) is 3.39. The van der Waals surface area contributed by atoms with Crippen LogP contribution < -0.4 is 0 Å². The fraction of sp³-hybridized carbons (Fsp3) is 0.800. The number of aliphatic hydroxyl groups is 2. The third-order valence-electron chi connectivity index (χ3n) is 8.60. The number of carbonyl (C=O) groups is 2. The second-order valence-corrected chi connectivity index (χ2v) is 9.90. The van der Waals surface area contributed by atoms with E-state index in [4.69, 9.17) is 0 Å². The minimum atomic E-state index is -1.30. The molecule has 0 aliphatic heterocycles. The van der Waals surface area contributed by atoms with Gasteiger partial charge in [0.2, 0.25) is 0 Å². The molecule has 0 aromatic heterocycles. The Balaban J connectivity index is 1.95. The molecule has 6 nitrogen and oxygen atoms in total. The number of fused-ring (bicyclic) bond motifs is 3. The summed E-state index contributed by atoms with van der Waals surface area (Å²) < 4.78 is 0. The van der Waals surface area contributed by atoms with Crippen molar-refractivity contribution in [1.82, 2.24) is 0 Å². The molecule has 4 rings (SSSR count). The first-order chi connectivity index (χ1) is 11.9. The van der Waals surface area contributed by atoms with Gasteiger partial charge in [-0.1, -0.05) is 13.5 Å². The van der Waals surface area contributed by atoms with Crippen LogP contribution in [-0.4, -0.2) is 44.1 Å². The number of hydrogen-bond donors (Lipinski definition) is 4. The van der Waals surface area contributed by atoms with Crippen LogP contribution in [0.2, 0.25) is 0 Å². The van der Waals surface area contributed by atoms with Crippen LogP contribution in [0.3, 0.4) is 0 Å². The maximum atomic E-state index is 12.5. The van der Waals surface area contributed by atoms with E-state index >= 15 is 0 Å². The van der Waals surface area contributed by atoms with Gasteiger partial charge in [0.05, 0.1) is 23.0 Å². The number of rotatable bonds is 2. The Bertz CT molecular complexity index is 717. The van der Waals surface area contributed by atoms with Gasteiger partial charge >= 0.3 is 11.9 Å². The summed E-state index contributed by atoms with van der Waals surface area (Å²) in [5.41, 5.74) is -2.91. The van der Waals surface area contributed by atoms with Crippen molar-refractivity contribution < 1.29 is 30.0 Å². The molecule has 26 heavy (non-hydrogen) atoms. The van der Waals surface area contributed by atoms with Gasteiger partial charge < -0.3 is 20.4 Å². The molecule has 4 aliphatic rings. The second kappa shape index (κ2) is 4.90. The largest absolute Gasteiger partial charge is 0.481 e. The number of aliphatic hydroxyl groups excluding tert-OH is 1. The van der Waals surface area contributed by atoms with Crippen molar-refractivity contribution in [2.24, 2.45) is 34.0 Å². The summed E-state index contributed by atoms with van der Waals surface area (Å²) in [6, 6.07) is 0. The summed E-state index contributed by atoms with van der Waals surface area (Å²) in [4.78, 5) is 24.7. The zero-order chi connectivity index (χ0) is 19.3. The van der Waals surface area contributed by atoms with Gasteiger partial charge in [-0.15, -0.1) is 0 Å². The van der Waals surface area contributed by atoms with Gasteiger partial charge in [-0.25, -0.2) is 0 Å². The summed E-state index contributed by atoms with van der Waals surface area (Å²) in [6.45, 7) is 7.61. The third-order valence-corrected chi connectivity index (χ3v) is 8.60. The van der Waals surface area contributed by atoms with Crippen LogP contribution in [0.1, 0.15) is 52.4 Å². The Morgan fingerprint density at radius 1 is 1.19 bits per heavy atom. The van der Waals surface area contributed by atoms with Crippen molar-refractivity contribution in [3.8, 4) is 0 Å². The summed E-state index contributed by atoms with van der Waals surface area (Å²) in [5, 5.41) is 41.7.